The van der Waals surface area contributed by atoms with Crippen LogP contribution in [0, 0.1) is 0 Å². The Bertz CT molecular complexity index is 1750. The zero-order valence-electron chi connectivity index (χ0n) is 29.7. The maximum atomic E-state index is 6.91. The number of nitrogens with zero attached hydrogens (tertiary/aromatic N) is 2. The van der Waals surface area contributed by atoms with Gasteiger partial charge in [0.05, 0.1) is 11.6 Å². The van der Waals surface area contributed by atoms with Gasteiger partial charge in [-0.25, -0.2) is 4.58 Å². The lowest BCUT2D eigenvalue weighted by Crippen LogP contribution is -2.49. The van der Waals surface area contributed by atoms with Gasteiger partial charge in [0, 0.05) is 59.6 Å². The lowest BCUT2D eigenvalue weighted by molar-refractivity contribution is 0.399. The Morgan fingerprint density at radius 3 is 2.02 bits per heavy atom. The van der Waals surface area contributed by atoms with Crippen LogP contribution in [0.1, 0.15) is 118 Å². The normalized spacial score (nSPS) is 16.8. The van der Waals surface area contributed by atoms with E-state index in [-0.39, 0.29) is 11.1 Å². The van der Waals surface area contributed by atoms with E-state index in [9.17, 15) is 0 Å². The van der Waals surface area contributed by atoms with Crippen molar-refractivity contribution >= 4 is 22.4 Å². The number of allylic oxidation sites excluding steroid dienone is 2. The molecule has 0 saturated heterocycles. The Kier molecular flexibility index (Phi) is 9.69. The third kappa shape index (κ3) is 5.44. The highest BCUT2D eigenvalue weighted by Crippen LogP contribution is 2.46. The number of fused-ring (bicyclic) bond motifs is 4. The zero-order valence-corrected chi connectivity index (χ0v) is 29.7. The predicted octanol–water partition coefficient (Wildman–Crippen LogP) is 9.38. The standard InChI is InChI=1S/C37H43N2O.2C2H6/c1-10-25-15-13-14-16-26(25)35-29-17-27-23(4)21-36(6,7)38(11-2)31(27)19-33(29)40-34-20-32-28(18-30(34)35)24(5)22-37(8,9)39(32)12-3;2*1-2/h13-22H,10-12H2,1-9H3;2*1-2H3/q+1;;. The molecule has 6 rings (SSSR count). The molecule has 0 unspecified atom stereocenters. The molecule has 3 aliphatic heterocycles. The van der Waals surface area contributed by atoms with E-state index in [1.54, 1.807) is 0 Å². The molecule has 0 amide bonds. The first kappa shape index (κ1) is 33.3. The largest absolute Gasteiger partial charge is 0.456 e. The first-order valence-corrected chi connectivity index (χ1v) is 17.0. The summed E-state index contributed by atoms with van der Waals surface area (Å²) in [5, 5.41) is 2.44. The van der Waals surface area contributed by atoms with Crippen LogP contribution in [0.3, 0.4) is 0 Å². The van der Waals surface area contributed by atoms with Gasteiger partial charge in [-0.3, -0.25) is 0 Å². The summed E-state index contributed by atoms with van der Waals surface area (Å²) in [6.07, 6.45) is 5.80. The fraction of sp³-hybridized carbons (Fsp3) is 0.439. The molecule has 3 aromatic rings. The van der Waals surface area contributed by atoms with Gasteiger partial charge < -0.3 is 9.64 Å². The molecule has 234 valence electrons. The fourth-order valence-corrected chi connectivity index (χ4v) is 7.55. The minimum absolute atomic E-state index is 0.0514. The molecule has 0 bridgehead atoms. The maximum Gasteiger partial charge on any atom is 0.211 e. The molecule has 44 heavy (non-hydrogen) atoms. The van der Waals surface area contributed by atoms with Gasteiger partial charge in [-0.1, -0.05) is 65.0 Å². The van der Waals surface area contributed by atoms with Crippen LogP contribution in [0.15, 0.2) is 60.7 Å². The average molecular weight is 592 g/mol. The monoisotopic (exact) mass is 591 g/mol. The van der Waals surface area contributed by atoms with Crippen LogP contribution in [0.5, 0.6) is 11.5 Å². The van der Waals surface area contributed by atoms with E-state index in [4.69, 9.17) is 4.74 Å². The lowest BCUT2D eigenvalue weighted by atomic mass is 9.83. The Labute approximate surface area is 267 Å². The van der Waals surface area contributed by atoms with Crippen LogP contribution in [0.4, 0.5) is 5.69 Å². The summed E-state index contributed by atoms with van der Waals surface area (Å²) in [7, 11) is 0. The zero-order chi connectivity index (χ0) is 32.6. The van der Waals surface area contributed by atoms with Crippen LogP contribution in [-0.2, 0) is 6.42 Å². The van der Waals surface area contributed by atoms with E-state index in [0.717, 1.165) is 31.0 Å². The minimum atomic E-state index is -0.0514. The minimum Gasteiger partial charge on any atom is -0.456 e. The summed E-state index contributed by atoms with van der Waals surface area (Å²) in [6.45, 7) is 30.3. The van der Waals surface area contributed by atoms with Crippen molar-refractivity contribution in [1.29, 1.82) is 0 Å². The first-order valence-electron chi connectivity index (χ1n) is 17.0. The molecule has 0 saturated carbocycles. The second-order valence-electron chi connectivity index (χ2n) is 12.7. The molecule has 3 aromatic carbocycles. The summed E-state index contributed by atoms with van der Waals surface area (Å²) < 4.78 is 9.41. The molecule has 3 heteroatoms. The molecule has 0 N–H and O–H groups in total. The third-order valence-corrected chi connectivity index (χ3v) is 9.22. The number of aryl methyl sites for hydroxylation is 1. The van der Waals surface area contributed by atoms with Gasteiger partial charge in [0.25, 0.3) is 0 Å². The van der Waals surface area contributed by atoms with Crippen molar-refractivity contribution in [3.05, 3.63) is 99.1 Å². The smallest absolute Gasteiger partial charge is 0.211 e. The van der Waals surface area contributed by atoms with Crippen LogP contribution < -0.4 is 24.8 Å². The van der Waals surface area contributed by atoms with Crippen molar-refractivity contribution in [3.63, 3.8) is 0 Å². The molecule has 3 heterocycles. The van der Waals surface area contributed by atoms with Crippen molar-refractivity contribution in [3.8, 4) is 11.5 Å². The second-order valence-corrected chi connectivity index (χ2v) is 12.7. The predicted molar refractivity (Wildman–Crippen MR) is 193 cm³/mol. The number of benzene rings is 3. The first-order chi connectivity index (χ1) is 21.0. The van der Waals surface area contributed by atoms with Crippen molar-refractivity contribution in [2.45, 2.75) is 108 Å². The molecule has 0 aromatic heterocycles. The van der Waals surface area contributed by atoms with Crippen molar-refractivity contribution < 1.29 is 4.74 Å². The number of likely N-dealkylation sites (N-methyl/N-ethyl adjacent to an activating group) is 2. The summed E-state index contributed by atoms with van der Waals surface area (Å²) in [4.78, 5) is 2.50. The third-order valence-electron chi connectivity index (χ3n) is 9.22. The van der Waals surface area contributed by atoms with Gasteiger partial charge in [0.1, 0.15) is 18.0 Å². The van der Waals surface area contributed by atoms with Crippen molar-refractivity contribution in [2.75, 3.05) is 18.0 Å². The average Bonchev–Trinajstić information content (AvgIpc) is 3.00. The van der Waals surface area contributed by atoms with Gasteiger partial charge in [-0.15, -0.1) is 0 Å². The maximum absolute atomic E-state index is 6.91. The molecular weight excluding hydrogens is 536 g/mol. The quantitative estimate of drug-likeness (QED) is 0.220. The topological polar surface area (TPSA) is 15.5 Å². The highest BCUT2D eigenvalue weighted by Gasteiger charge is 2.36. The van der Waals surface area contributed by atoms with Gasteiger partial charge in [0.2, 0.25) is 5.36 Å². The van der Waals surface area contributed by atoms with Crippen LogP contribution in [-0.4, -0.2) is 24.2 Å². The van der Waals surface area contributed by atoms with Gasteiger partial charge in [-0.05, 0) is 88.4 Å². The van der Waals surface area contributed by atoms with Crippen molar-refractivity contribution in [1.82, 2.24) is 4.58 Å². The Hall–Kier alpha value is -3.59. The van der Waals surface area contributed by atoms with Gasteiger partial charge in [-0.2, -0.15) is 0 Å². The van der Waals surface area contributed by atoms with Crippen LogP contribution >= 0.6 is 0 Å². The fourth-order valence-electron chi connectivity index (χ4n) is 7.55. The molecule has 3 aliphatic rings. The lowest BCUT2D eigenvalue weighted by Gasteiger charge is -2.43. The molecule has 0 atom stereocenters. The SMILES string of the molecule is CC.CC.CCc1ccccc1C1=c2cc3c(cc2Oc2cc4c(cc21)C(C)=CC(C)(C)N4CC)=[N+](CC)C(C)(C)C=C3C. The Balaban J connectivity index is 0.00000106. The van der Waals surface area contributed by atoms with Crippen molar-refractivity contribution in [2.24, 2.45) is 0 Å². The Morgan fingerprint density at radius 1 is 0.727 bits per heavy atom. The number of hydrogen-bond acceptors (Lipinski definition) is 2. The molecule has 3 nitrogen and oxygen atoms in total. The molecule has 0 aliphatic carbocycles. The summed E-state index contributed by atoms with van der Waals surface area (Å²) in [5.41, 5.74) is 11.5. The molecule has 0 fully saturated rings. The number of anilines is 1. The summed E-state index contributed by atoms with van der Waals surface area (Å²) in [6, 6.07) is 18.3. The highest BCUT2D eigenvalue weighted by atomic mass is 16.5. The van der Waals surface area contributed by atoms with E-state index in [0.29, 0.717) is 0 Å². The van der Waals surface area contributed by atoms with Crippen LogP contribution in [0.25, 0.3) is 16.7 Å². The number of ether oxygens (including phenoxy) is 1. The second kappa shape index (κ2) is 12.8. The van der Waals surface area contributed by atoms with E-state index in [1.165, 1.54) is 60.8 Å². The van der Waals surface area contributed by atoms with E-state index < -0.39 is 0 Å². The van der Waals surface area contributed by atoms with E-state index >= 15 is 0 Å². The summed E-state index contributed by atoms with van der Waals surface area (Å²) >= 11 is 0. The summed E-state index contributed by atoms with van der Waals surface area (Å²) in [5.74, 6) is 1.89. The van der Waals surface area contributed by atoms with E-state index in [1.807, 2.05) is 27.7 Å². The highest BCUT2D eigenvalue weighted by molar-refractivity contribution is 5.92. The Morgan fingerprint density at radius 2 is 1.39 bits per heavy atom. The molecular formula is C41H55N2O+. The molecule has 0 radical (unpaired) electrons. The molecule has 0 spiro atoms. The van der Waals surface area contributed by atoms with Gasteiger partial charge >= 0.3 is 0 Å². The van der Waals surface area contributed by atoms with Gasteiger partial charge in [0.15, 0.2) is 5.54 Å². The number of hydrogen-bond donors (Lipinski definition) is 0. The van der Waals surface area contributed by atoms with Crippen LogP contribution in [0.2, 0.25) is 0 Å². The van der Waals surface area contributed by atoms with E-state index in [2.05, 4.69) is 132 Å². The number of rotatable bonds is 4.